The monoisotopic (exact) mass is 326 g/mol. The molecule has 2 radical (unpaired) electrons. The van der Waals surface area contributed by atoms with E-state index in [-0.39, 0.29) is 27.3 Å². The standard InChI is InChI=1S/C4H4O4.Pb.2H/c5-3(6)1-2-4(7)8;;;/h1-2H,(H,5,6)(H,7,8);;;/b2-1-;;;. The van der Waals surface area contributed by atoms with Gasteiger partial charge in [-0.3, -0.25) is 0 Å². The molecule has 0 amide bonds. The van der Waals surface area contributed by atoms with Gasteiger partial charge in [0.05, 0.1) is 0 Å². The number of carboxylic acids is 2. The first-order valence-electron chi connectivity index (χ1n) is 1.77. The van der Waals surface area contributed by atoms with Crippen molar-refractivity contribution in [3.8, 4) is 0 Å². The molecule has 5 heteroatoms. The van der Waals surface area contributed by atoms with E-state index in [9.17, 15) is 9.59 Å². The molecule has 0 rings (SSSR count). The van der Waals surface area contributed by atoms with Crippen molar-refractivity contribution in [2.75, 3.05) is 0 Å². The van der Waals surface area contributed by atoms with Crippen molar-refractivity contribution in [1.29, 1.82) is 0 Å². The van der Waals surface area contributed by atoms with E-state index in [1.54, 1.807) is 0 Å². The Kier molecular flexibility index (Phi) is 7.27. The molecule has 9 heavy (non-hydrogen) atoms. The van der Waals surface area contributed by atoms with Crippen LogP contribution in [0.1, 0.15) is 0 Å². The molecule has 0 aromatic rings. The number of aliphatic carboxylic acids is 2. The zero-order valence-corrected chi connectivity index (χ0v) is 10.1. The van der Waals surface area contributed by atoms with E-state index >= 15 is 0 Å². The van der Waals surface area contributed by atoms with Gasteiger partial charge in [-0.1, -0.05) is 0 Å². The number of hydrogen-bond donors (Lipinski definition) is 2. The van der Waals surface area contributed by atoms with Crippen molar-refractivity contribution in [2.24, 2.45) is 0 Å². The van der Waals surface area contributed by atoms with Gasteiger partial charge in [-0.05, 0) is 0 Å². The van der Waals surface area contributed by atoms with Crippen LogP contribution >= 0.6 is 0 Å². The number of hydrogen-bond acceptors (Lipinski definition) is 2. The Morgan fingerprint density at radius 1 is 1.00 bits per heavy atom. The first kappa shape index (κ1) is 11.4. The summed E-state index contributed by atoms with van der Waals surface area (Å²) < 4.78 is 0. The van der Waals surface area contributed by atoms with E-state index < -0.39 is 11.9 Å². The number of rotatable bonds is 2. The van der Waals surface area contributed by atoms with Crippen LogP contribution < -0.4 is 0 Å². The summed E-state index contributed by atoms with van der Waals surface area (Å²) >= 11 is 0. The van der Waals surface area contributed by atoms with Crippen molar-refractivity contribution in [3.63, 3.8) is 0 Å². The molecule has 0 unspecified atom stereocenters. The van der Waals surface area contributed by atoms with Gasteiger partial charge >= 0.3 is 39.2 Å². The van der Waals surface area contributed by atoms with Crippen molar-refractivity contribution in [1.82, 2.24) is 0 Å². The molecule has 0 fully saturated rings. The maximum absolute atomic E-state index is 9.55. The summed E-state index contributed by atoms with van der Waals surface area (Å²) in [5.74, 6) is -2.51. The summed E-state index contributed by atoms with van der Waals surface area (Å²) in [7, 11) is 0. The number of carbonyl (C=O) groups is 2. The maximum atomic E-state index is 9.55. The van der Waals surface area contributed by atoms with Crippen LogP contribution in [0.2, 0.25) is 0 Å². The van der Waals surface area contributed by atoms with Gasteiger partial charge in [-0.25, -0.2) is 9.59 Å². The fraction of sp³-hybridized carbons (Fsp3) is 0. The van der Waals surface area contributed by atoms with E-state index in [1.165, 1.54) is 0 Å². The predicted octanol–water partition coefficient (Wildman–Crippen LogP) is -1.20. The predicted molar refractivity (Wildman–Crippen MR) is 33.0 cm³/mol. The van der Waals surface area contributed by atoms with Gasteiger partial charge in [0.2, 0.25) is 0 Å². The molecular formula is C4H6O4Pb. The van der Waals surface area contributed by atoms with Gasteiger partial charge in [0.1, 0.15) is 0 Å². The third-order valence-electron chi connectivity index (χ3n) is 0.368. The fourth-order valence-electron chi connectivity index (χ4n) is 0.143. The van der Waals surface area contributed by atoms with Gasteiger partial charge in [-0.15, -0.1) is 0 Å². The second-order valence-corrected chi connectivity index (χ2v) is 1.01. The van der Waals surface area contributed by atoms with Crippen molar-refractivity contribution < 1.29 is 19.8 Å². The van der Waals surface area contributed by atoms with Gasteiger partial charge in [0.25, 0.3) is 0 Å². The molecule has 2 N–H and O–H groups in total. The van der Waals surface area contributed by atoms with Crippen molar-refractivity contribution in [3.05, 3.63) is 12.2 Å². The molecule has 0 aromatic carbocycles. The van der Waals surface area contributed by atoms with E-state index in [0.29, 0.717) is 12.2 Å². The quantitative estimate of drug-likeness (QED) is 0.494. The van der Waals surface area contributed by atoms with Crippen LogP contribution in [0.4, 0.5) is 0 Å². The van der Waals surface area contributed by atoms with Crippen LogP contribution in [0.25, 0.3) is 0 Å². The van der Waals surface area contributed by atoms with Crippen LogP contribution in [0.3, 0.4) is 0 Å². The molecule has 0 aliphatic heterocycles. The average molecular weight is 325 g/mol. The third-order valence-corrected chi connectivity index (χ3v) is 0.368. The minimum atomic E-state index is -1.26. The van der Waals surface area contributed by atoms with Crippen LogP contribution in [0.5, 0.6) is 0 Å². The van der Waals surface area contributed by atoms with Gasteiger partial charge in [0, 0.05) is 12.2 Å². The van der Waals surface area contributed by atoms with Crippen molar-refractivity contribution in [2.45, 2.75) is 0 Å². The molecule has 0 aliphatic rings. The second-order valence-electron chi connectivity index (χ2n) is 1.01. The Bertz CT molecular complexity index is 124. The Labute approximate surface area is 71.3 Å². The Morgan fingerprint density at radius 3 is 1.33 bits per heavy atom. The molecule has 0 bridgehead atoms. The first-order valence-corrected chi connectivity index (χ1v) is 1.77. The van der Waals surface area contributed by atoms with E-state index in [2.05, 4.69) is 0 Å². The summed E-state index contributed by atoms with van der Waals surface area (Å²) in [5.41, 5.74) is 0. The minimum absolute atomic E-state index is 0. The summed E-state index contributed by atoms with van der Waals surface area (Å²) in [6.45, 7) is 0. The zero-order chi connectivity index (χ0) is 6.57. The van der Waals surface area contributed by atoms with Gasteiger partial charge in [0.15, 0.2) is 0 Å². The molecule has 4 nitrogen and oxygen atoms in total. The molecule has 50 valence electrons. The van der Waals surface area contributed by atoms with Crippen LogP contribution in [0.15, 0.2) is 12.2 Å². The van der Waals surface area contributed by atoms with Crippen LogP contribution in [-0.2, 0) is 9.59 Å². The van der Waals surface area contributed by atoms with Gasteiger partial charge < -0.3 is 10.2 Å². The average Bonchev–Trinajstić information content (AvgIpc) is 1.61. The molecule has 0 spiro atoms. The number of carboxylic acid groups (broad SMARTS) is 2. The Morgan fingerprint density at radius 2 is 1.22 bits per heavy atom. The van der Waals surface area contributed by atoms with Gasteiger partial charge in [-0.2, -0.15) is 0 Å². The molecule has 0 atom stereocenters. The van der Waals surface area contributed by atoms with E-state index in [1.807, 2.05) is 0 Å². The SMILES string of the molecule is O=C(O)/C=C\C(=O)O.[PbH2]. The third kappa shape index (κ3) is 11.3. The molecule has 0 saturated heterocycles. The summed E-state index contributed by atoms with van der Waals surface area (Å²) in [5, 5.41) is 15.6. The topological polar surface area (TPSA) is 74.6 Å². The molecular weight excluding hydrogens is 319 g/mol. The van der Waals surface area contributed by atoms with Crippen LogP contribution in [0, 0.1) is 0 Å². The normalized spacial score (nSPS) is 8.44. The Balaban J connectivity index is 0. The summed E-state index contributed by atoms with van der Waals surface area (Å²) in [6.07, 6.45) is 1.12. The summed E-state index contributed by atoms with van der Waals surface area (Å²) in [6, 6.07) is 0. The summed E-state index contributed by atoms with van der Waals surface area (Å²) in [4.78, 5) is 19.1. The first-order chi connectivity index (χ1) is 3.63. The van der Waals surface area contributed by atoms with Crippen molar-refractivity contribution >= 4 is 39.2 Å². The molecule has 0 aliphatic carbocycles. The second kappa shape index (κ2) is 5.73. The van der Waals surface area contributed by atoms with E-state index in [0.717, 1.165) is 0 Å². The fourth-order valence-corrected chi connectivity index (χ4v) is 0.143. The Hall–Kier alpha value is -0.398. The molecule has 0 aromatic heterocycles. The molecule has 0 heterocycles. The zero-order valence-electron chi connectivity index (χ0n) is 4.57. The molecule has 0 saturated carbocycles. The van der Waals surface area contributed by atoms with Crippen LogP contribution in [-0.4, -0.2) is 49.5 Å². The van der Waals surface area contributed by atoms with E-state index in [4.69, 9.17) is 10.2 Å².